The molecule has 0 unspecified atom stereocenters. The van der Waals surface area contributed by atoms with Gasteiger partial charge >= 0.3 is 0 Å². The molecule has 2 rings (SSSR count). The summed E-state index contributed by atoms with van der Waals surface area (Å²) in [5, 5.41) is 5.61. The smallest absolute Gasteiger partial charge is 0.251 e. The molecule has 5 nitrogen and oxygen atoms in total. The highest BCUT2D eigenvalue weighted by Gasteiger charge is 2.35. The maximum Gasteiger partial charge on any atom is 0.251 e. The molecule has 0 fully saturated rings. The number of hydrogen-bond acceptors (Lipinski definition) is 3. The molecule has 6 heteroatoms. The van der Waals surface area contributed by atoms with Crippen LogP contribution in [0.15, 0.2) is 12.1 Å². The minimum atomic E-state index is -0.759. The van der Waals surface area contributed by atoms with Gasteiger partial charge in [-0.2, -0.15) is 0 Å². The average molecular weight is 255 g/mol. The first-order valence-electron chi connectivity index (χ1n) is 4.99. The molecule has 1 aliphatic heterocycles. The van der Waals surface area contributed by atoms with Crippen molar-refractivity contribution in [3.63, 3.8) is 0 Å². The van der Waals surface area contributed by atoms with Crippen LogP contribution in [0.2, 0.25) is 5.02 Å². The van der Waals surface area contributed by atoms with Crippen LogP contribution < -0.4 is 15.4 Å². The molecule has 0 bridgehead atoms. The van der Waals surface area contributed by atoms with E-state index in [0.717, 1.165) is 0 Å². The molecule has 0 saturated carbocycles. The maximum absolute atomic E-state index is 11.7. The van der Waals surface area contributed by atoms with Gasteiger partial charge < -0.3 is 15.4 Å². The van der Waals surface area contributed by atoms with Crippen LogP contribution in [-0.4, -0.2) is 18.9 Å². The Labute approximate surface area is 103 Å². The van der Waals surface area contributed by atoms with E-state index in [2.05, 4.69) is 10.6 Å². The Kier molecular flexibility index (Phi) is 2.93. The van der Waals surface area contributed by atoms with Crippen LogP contribution in [0.25, 0.3) is 0 Å². The van der Waals surface area contributed by atoms with E-state index in [1.165, 1.54) is 14.0 Å². The predicted molar refractivity (Wildman–Crippen MR) is 63.2 cm³/mol. The molecule has 1 aromatic rings. The van der Waals surface area contributed by atoms with E-state index in [0.29, 0.717) is 22.0 Å². The maximum atomic E-state index is 11.7. The molecule has 17 heavy (non-hydrogen) atoms. The normalized spacial score (nSPS) is 17.4. The van der Waals surface area contributed by atoms with Crippen molar-refractivity contribution < 1.29 is 14.3 Å². The lowest BCUT2D eigenvalue weighted by molar-refractivity contribution is -0.124. The molecule has 0 spiro atoms. The minimum Gasteiger partial charge on any atom is -0.495 e. The Hall–Kier alpha value is -1.75. The van der Waals surface area contributed by atoms with Crippen molar-refractivity contribution in [3.8, 4) is 5.75 Å². The molecule has 2 amide bonds. The van der Waals surface area contributed by atoms with Gasteiger partial charge in [-0.05, 0) is 12.1 Å². The summed E-state index contributed by atoms with van der Waals surface area (Å²) < 4.78 is 5.13. The summed E-state index contributed by atoms with van der Waals surface area (Å²) in [6.07, 6.45) is 0. The quantitative estimate of drug-likeness (QED) is 0.840. The topological polar surface area (TPSA) is 67.4 Å². The second kappa shape index (κ2) is 4.25. The number of benzene rings is 1. The van der Waals surface area contributed by atoms with Crippen molar-refractivity contribution in [1.29, 1.82) is 0 Å². The first kappa shape index (κ1) is 11.7. The number of amides is 2. The van der Waals surface area contributed by atoms with E-state index < -0.39 is 6.04 Å². The van der Waals surface area contributed by atoms with Gasteiger partial charge in [0.2, 0.25) is 5.91 Å². The number of carbonyl (C=O) groups excluding carboxylic acids is 2. The van der Waals surface area contributed by atoms with E-state index in [1.807, 2.05) is 0 Å². The van der Waals surface area contributed by atoms with Crippen molar-refractivity contribution in [3.05, 3.63) is 22.7 Å². The third-order valence-electron chi connectivity index (χ3n) is 2.52. The van der Waals surface area contributed by atoms with Gasteiger partial charge in [-0.1, -0.05) is 11.6 Å². The average Bonchev–Trinajstić information content (AvgIpc) is 2.57. The van der Waals surface area contributed by atoms with Crippen molar-refractivity contribution >= 4 is 29.1 Å². The van der Waals surface area contributed by atoms with E-state index >= 15 is 0 Å². The highest BCUT2D eigenvalue weighted by Crippen LogP contribution is 2.42. The monoisotopic (exact) mass is 254 g/mol. The molecule has 2 N–H and O–H groups in total. The summed E-state index contributed by atoms with van der Waals surface area (Å²) >= 11 is 6.04. The Balaban J connectivity index is 2.51. The molecule has 1 aromatic carbocycles. The Bertz CT molecular complexity index is 502. The number of methoxy groups -OCH3 is 1. The molecule has 0 radical (unpaired) electrons. The molecule has 1 aliphatic rings. The molecule has 0 saturated heterocycles. The predicted octanol–water partition coefficient (Wildman–Crippen LogP) is 1.48. The Morgan fingerprint density at radius 3 is 2.82 bits per heavy atom. The first-order valence-corrected chi connectivity index (χ1v) is 5.36. The fraction of sp³-hybridized carbons (Fsp3) is 0.273. The second-order valence-electron chi connectivity index (χ2n) is 3.66. The Morgan fingerprint density at radius 2 is 2.24 bits per heavy atom. The minimum absolute atomic E-state index is 0.295. The van der Waals surface area contributed by atoms with E-state index in [9.17, 15) is 9.59 Å². The van der Waals surface area contributed by atoms with Crippen LogP contribution in [0.4, 0.5) is 5.69 Å². The largest absolute Gasteiger partial charge is 0.495 e. The van der Waals surface area contributed by atoms with Crippen LogP contribution in [0.3, 0.4) is 0 Å². The zero-order valence-electron chi connectivity index (χ0n) is 9.33. The molecule has 1 heterocycles. The van der Waals surface area contributed by atoms with Crippen molar-refractivity contribution in [2.45, 2.75) is 13.0 Å². The fourth-order valence-electron chi connectivity index (χ4n) is 1.82. The zero-order chi connectivity index (χ0) is 12.6. The fourth-order valence-corrected chi connectivity index (χ4v) is 2.09. The van der Waals surface area contributed by atoms with Crippen molar-refractivity contribution in [2.75, 3.05) is 12.4 Å². The zero-order valence-corrected chi connectivity index (χ0v) is 10.1. The third-order valence-corrected chi connectivity index (χ3v) is 2.85. The highest BCUT2D eigenvalue weighted by molar-refractivity contribution is 6.33. The Morgan fingerprint density at radius 1 is 1.53 bits per heavy atom. The lowest BCUT2D eigenvalue weighted by Gasteiger charge is -2.12. The summed E-state index contributed by atoms with van der Waals surface area (Å²) in [6, 6.07) is 2.54. The first-order chi connectivity index (χ1) is 8.04. The van der Waals surface area contributed by atoms with Gasteiger partial charge in [0.05, 0.1) is 12.8 Å². The van der Waals surface area contributed by atoms with Crippen LogP contribution in [0.1, 0.15) is 18.5 Å². The summed E-state index contributed by atoms with van der Waals surface area (Å²) in [4.78, 5) is 22.8. The molecule has 0 aromatic heterocycles. The number of halogens is 1. The van der Waals surface area contributed by atoms with Gasteiger partial charge in [-0.25, -0.2) is 0 Å². The standard InChI is InChI=1S/C11H11ClN2O3/c1-5(15)13-10-8-6(12)3-4-7(17-2)9(8)14-11(10)16/h3-4,10H,1-2H3,(H,13,15)(H,14,16)/t10-/m1/s1. The summed E-state index contributed by atoms with van der Waals surface area (Å²) in [7, 11) is 1.50. The van der Waals surface area contributed by atoms with Gasteiger partial charge in [0, 0.05) is 17.5 Å². The molecular weight excluding hydrogens is 244 g/mol. The number of hydrogen-bond donors (Lipinski definition) is 2. The number of nitrogens with one attached hydrogen (secondary N) is 2. The van der Waals surface area contributed by atoms with Gasteiger partial charge in [0.1, 0.15) is 11.8 Å². The van der Waals surface area contributed by atoms with E-state index in [1.54, 1.807) is 12.1 Å². The van der Waals surface area contributed by atoms with Crippen molar-refractivity contribution in [1.82, 2.24) is 5.32 Å². The number of anilines is 1. The van der Waals surface area contributed by atoms with Crippen LogP contribution >= 0.6 is 11.6 Å². The lowest BCUT2D eigenvalue weighted by Crippen LogP contribution is -2.31. The van der Waals surface area contributed by atoms with Gasteiger partial charge in [-0.15, -0.1) is 0 Å². The summed E-state index contributed by atoms with van der Waals surface area (Å²) in [5.74, 6) is -0.0934. The SMILES string of the molecule is COc1ccc(Cl)c2c1NC(=O)[C@@H]2NC(C)=O. The number of carbonyl (C=O) groups is 2. The molecule has 1 atom stereocenters. The molecule has 0 aliphatic carbocycles. The number of fused-ring (bicyclic) bond motifs is 1. The molecule has 90 valence electrons. The number of ether oxygens (including phenoxy) is 1. The van der Waals surface area contributed by atoms with Gasteiger partial charge in [0.15, 0.2) is 0 Å². The van der Waals surface area contributed by atoms with Crippen LogP contribution in [-0.2, 0) is 9.59 Å². The number of rotatable bonds is 2. The van der Waals surface area contributed by atoms with E-state index in [4.69, 9.17) is 16.3 Å². The van der Waals surface area contributed by atoms with Gasteiger partial charge in [0.25, 0.3) is 5.91 Å². The van der Waals surface area contributed by atoms with E-state index in [-0.39, 0.29) is 11.8 Å². The molecular formula is C11H11ClN2O3. The van der Waals surface area contributed by atoms with Crippen LogP contribution in [0, 0.1) is 0 Å². The summed E-state index contributed by atoms with van der Waals surface area (Å²) in [6.45, 7) is 1.35. The lowest BCUT2D eigenvalue weighted by atomic mass is 10.1. The third kappa shape index (κ3) is 1.93. The summed E-state index contributed by atoms with van der Waals surface area (Å²) in [5.41, 5.74) is 1.06. The van der Waals surface area contributed by atoms with Crippen LogP contribution in [0.5, 0.6) is 5.75 Å². The highest BCUT2D eigenvalue weighted by atomic mass is 35.5. The second-order valence-corrected chi connectivity index (χ2v) is 4.07. The van der Waals surface area contributed by atoms with Gasteiger partial charge in [-0.3, -0.25) is 9.59 Å². The van der Waals surface area contributed by atoms with Crippen molar-refractivity contribution in [2.24, 2.45) is 0 Å².